The fraction of sp³-hybridized carbons (Fsp3) is 0.448. The number of aryl methyl sites for hydroxylation is 1. The Hall–Kier alpha value is -3.47. The van der Waals surface area contributed by atoms with Crippen LogP contribution in [0.5, 0.6) is 0 Å². The molecule has 0 radical (unpaired) electrons. The molecule has 1 aromatic carbocycles. The normalized spacial score (nSPS) is 16.2. The maximum absolute atomic E-state index is 15.0. The third-order valence-corrected chi connectivity index (χ3v) is 7.88. The number of hydrogen-bond acceptors (Lipinski definition) is 7. The van der Waals surface area contributed by atoms with Crippen LogP contribution in [0.1, 0.15) is 65.1 Å². The van der Waals surface area contributed by atoms with E-state index in [1.165, 1.54) is 13.2 Å². The molecule has 2 unspecified atom stereocenters. The van der Waals surface area contributed by atoms with Crippen LogP contribution in [0.3, 0.4) is 0 Å². The highest BCUT2D eigenvalue weighted by molar-refractivity contribution is 5.93. The van der Waals surface area contributed by atoms with E-state index in [0.29, 0.717) is 52.9 Å². The van der Waals surface area contributed by atoms with E-state index >= 15 is 4.39 Å². The fourth-order valence-corrected chi connectivity index (χ4v) is 6.00. The number of pyridine rings is 2. The molecule has 39 heavy (non-hydrogen) atoms. The molecule has 10 heteroatoms. The average Bonchev–Trinajstić information content (AvgIpc) is 3.29. The number of halogens is 1. The second-order valence-electron chi connectivity index (χ2n) is 10.2. The number of nitrogens with one attached hydrogen (secondary N) is 2. The van der Waals surface area contributed by atoms with Gasteiger partial charge in [-0.2, -0.15) is 0 Å². The van der Waals surface area contributed by atoms with E-state index in [-0.39, 0.29) is 49.8 Å². The van der Waals surface area contributed by atoms with Gasteiger partial charge in [-0.25, -0.2) is 9.37 Å². The molecule has 0 spiro atoms. The maximum atomic E-state index is 15.0. The average molecular weight is 537 g/mol. The highest BCUT2D eigenvalue weighted by atomic mass is 19.1. The standard InChI is InChI=1S/C29H33FN4O5/c1-5-16(11-35)18-8-24-28-19(10-34(24)29(37)20(18)12-38-4)27-22(32-25(36)13-39-14-31-3)7-6-17-15(2)21(30)9-23(33-28)26(17)27/h8-9,11,16,22,31H,5-7,10,12-14H2,1-4H3,(H,32,36). The van der Waals surface area contributed by atoms with Crippen molar-refractivity contribution in [1.82, 2.24) is 20.2 Å². The van der Waals surface area contributed by atoms with Crippen LogP contribution in [0.15, 0.2) is 16.9 Å². The Balaban J connectivity index is 1.72. The first kappa shape index (κ1) is 27.1. The second-order valence-corrected chi connectivity index (χ2v) is 10.2. The lowest BCUT2D eigenvalue weighted by molar-refractivity contribution is -0.126. The lowest BCUT2D eigenvalue weighted by Crippen LogP contribution is -2.35. The molecule has 2 N–H and O–H groups in total. The van der Waals surface area contributed by atoms with E-state index in [0.717, 1.165) is 28.4 Å². The molecule has 2 aromatic heterocycles. The van der Waals surface area contributed by atoms with Crippen molar-refractivity contribution < 1.29 is 23.5 Å². The molecule has 0 bridgehead atoms. The van der Waals surface area contributed by atoms with Crippen molar-refractivity contribution in [3.63, 3.8) is 0 Å². The molecule has 0 saturated heterocycles. The van der Waals surface area contributed by atoms with Crippen molar-refractivity contribution in [2.45, 2.75) is 58.2 Å². The van der Waals surface area contributed by atoms with E-state index in [1.807, 2.05) is 13.0 Å². The second kappa shape index (κ2) is 11.0. The zero-order valence-corrected chi connectivity index (χ0v) is 22.7. The van der Waals surface area contributed by atoms with E-state index in [4.69, 9.17) is 14.5 Å². The van der Waals surface area contributed by atoms with E-state index < -0.39 is 5.92 Å². The third-order valence-electron chi connectivity index (χ3n) is 7.88. The van der Waals surface area contributed by atoms with Gasteiger partial charge in [-0.3, -0.25) is 14.9 Å². The minimum absolute atomic E-state index is 0.0806. The first-order valence-electron chi connectivity index (χ1n) is 13.2. The number of amides is 1. The van der Waals surface area contributed by atoms with Crippen molar-refractivity contribution >= 4 is 23.1 Å². The number of ether oxygens (including phenoxy) is 2. The first-order chi connectivity index (χ1) is 18.8. The molecule has 2 atom stereocenters. The van der Waals surface area contributed by atoms with Gasteiger partial charge in [0, 0.05) is 35.6 Å². The number of aromatic nitrogens is 2. The number of hydrogen-bond donors (Lipinski definition) is 2. The lowest BCUT2D eigenvalue weighted by atomic mass is 9.81. The van der Waals surface area contributed by atoms with Gasteiger partial charge in [0.15, 0.2) is 0 Å². The minimum Gasteiger partial charge on any atom is -0.380 e. The molecule has 2 aliphatic rings. The summed E-state index contributed by atoms with van der Waals surface area (Å²) in [5, 5.41) is 6.77. The lowest BCUT2D eigenvalue weighted by Gasteiger charge is -2.29. The smallest absolute Gasteiger partial charge is 0.257 e. The van der Waals surface area contributed by atoms with Gasteiger partial charge in [0.25, 0.3) is 5.56 Å². The van der Waals surface area contributed by atoms with Crippen LogP contribution in [-0.4, -0.2) is 49.2 Å². The van der Waals surface area contributed by atoms with Gasteiger partial charge < -0.3 is 24.2 Å². The molecular weight excluding hydrogens is 503 g/mol. The summed E-state index contributed by atoms with van der Waals surface area (Å²) in [5.41, 5.74) is 5.61. The SMILES string of the molecule is CCC(C=O)c1cc2n(c(=O)c1COC)Cc1c-2nc2cc(F)c(C)c3c2c1C(NC(=O)COCNC)CC3. The largest absolute Gasteiger partial charge is 0.380 e. The summed E-state index contributed by atoms with van der Waals surface area (Å²) in [6.07, 6.45) is 2.55. The van der Waals surface area contributed by atoms with Crippen molar-refractivity contribution in [2.24, 2.45) is 0 Å². The van der Waals surface area contributed by atoms with Gasteiger partial charge in [0.05, 0.1) is 42.8 Å². The molecule has 1 amide bonds. The van der Waals surface area contributed by atoms with Crippen molar-refractivity contribution in [3.05, 3.63) is 61.7 Å². The minimum atomic E-state index is -0.465. The van der Waals surface area contributed by atoms with E-state index in [2.05, 4.69) is 10.6 Å². The number of carbonyl (C=O) groups is 2. The van der Waals surface area contributed by atoms with Gasteiger partial charge in [0.2, 0.25) is 5.91 Å². The molecule has 1 aliphatic heterocycles. The molecule has 5 rings (SSSR count). The van der Waals surface area contributed by atoms with Crippen LogP contribution in [0.25, 0.3) is 22.3 Å². The molecule has 0 fully saturated rings. The van der Waals surface area contributed by atoms with Crippen molar-refractivity contribution in [3.8, 4) is 11.4 Å². The Bertz CT molecular complexity index is 1530. The summed E-state index contributed by atoms with van der Waals surface area (Å²) in [7, 11) is 3.25. The van der Waals surface area contributed by atoms with Gasteiger partial charge in [-0.15, -0.1) is 0 Å². The zero-order valence-electron chi connectivity index (χ0n) is 22.7. The van der Waals surface area contributed by atoms with Gasteiger partial charge in [0.1, 0.15) is 18.7 Å². The maximum Gasteiger partial charge on any atom is 0.257 e. The summed E-state index contributed by atoms with van der Waals surface area (Å²) < 4.78 is 27.3. The highest BCUT2D eigenvalue weighted by Crippen LogP contribution is 2.45. The number of methoxy groups -OCH3 is 1. The number of nitrogens with zero attached hydrogens (tertiary/aromatic N) is 2. The molecule has 0 saturated carbocycles. The predicted octanol–water partition coefficient (Wildman–Crippen LogP) is 3.01. The molecule has 1 aliphatic carbocycles. The monoisotopic (exact) mass is 536 g/mol. The highest BCUT2D eigenvalue weighted by Gasteiger charge is 2.35. The molecule has 206 valence electrons. The van der Waals surface area contributed by atoms with Crippen LogP contribution in [-0.2, 0) is 38.6 Å². The summed E-state index contributed by atoms with van der Waals surface area (Å²) in [6, 6.07) is 2.93. The summed E-state index contributed by atoms with van der Waals surface area (Å²) in [4.78, 5) is 43.3. The zero-order chi connectivity index (χ0) is 27.8. The number of benzene rings is 1. The Labute approximate surface area is 225 Å². The van der Waals surface area contributed by atoms with Crippen molar-refractivity contribution in [1.29, 1.82) is 0 Å². The Kier molecular flexibility index (Phi) is 7.61. The van der Waals surface area contributed by atoms with Gasteiger partial charge in [-0.1, -0.05) is 6.92 Å². The fourth-order valence-electron chi connectivity index (χ4n) is 6.00. The number of carbonyl (C=O) groups excluding carboxylic acids is 2. The Morgan fingerprint density at radius 1 is 1.33 bits per heavy atom. The summed E-state index contributed by atoms with van der Waals surface area (Å²) >= 11 is 0. The van der Waals surface area contributed by atoms with Crippen LogP contribution < -0.4 is 16.2 Å². The molecule has 3 aromatic rings. The third kappa shape index (κ3) is 4.56. The summed E-state index contributed by atoms with van der Waals surface area (Å²) in [6.45, 7) is 4.14. The van der Waals surface area contributed by atoms with Crippen LogP contribution >= 0.6 is 0 Å². The van der Waals surface area contributed by atoms with E-state index in [9.17, 15) is 14.4 Å². The number of aldehydes is 1. The Morgan fingerprint density at radius 2 is 2.13 bits per heavy atom. The molecule has 9 nitrogen and oxygen atoms in total. The topological polar surface area (TPSA) is 112 Å². The summed E-state index contributed by atoms with van der Waals surface area (Å²) in [5.74, 6) is -1.06. The number of fused-ring (bicyclic) bond motifs is 4. The quantitative estimate of drug-likeness (QED) is 0.182. The Morgan fingerprint density at radius 3 is 2.82 bits per heavy atom. The number of rotatable bonds is 10. The van der Waals surface area contributed by atoms with Gasteiger partial charge >= 0.3 is 0 Å². The van der Waals surface area contributed by atoms with E-state index in [1.54, 1.807) is 18.5 Å². The van der Waals surface area contributed by atoms with Crippen LogP contribution in [0.2, 0.25) is 0 Å². The van der Waals surface area contributed by atoms with Crippen LogP contribution in [0.4, 0.5) is 4.39 Å². The van der Waals surface area contributed by atoms with Crippen molar-refractivity contribution in [2.75, 3.05) is 27.5 Å². The first-order valence-corrected chi connectivity index (χ1v) is 13.2. The van der Waals surface area contributed by atoms with Gasteiger partial charge in [-0.05, 0) is 61.6 Å². The predicted molar refractivity (Wildman–Crippen MR) is 144 cm³/mol. The molecular formula is C29H33FN4O5. The van der Waals surface area contributed by atoms with Crippen LogP contribution in [0, 0.1) is 12.7 Å². The molecule has 3 heterocycles.